The summed E-state index contributed by atoms with van der Waals surface area (Å²) in [5.74, 6) is 1.01. The van der Waals surface area contributed by atoms with Gasteiger partial charge in [0.15, 0.2) is 0 Å². The average molecular weight is 287 g/mol. The van der Waals surface area contributed by atoms with Crippen LogP contribution >= 0.6 is 0 Å². The van der Waals surface area contributed by atoms with Crippen molar-refractivity contribution in [3.8, 4) is 0 Å². The van der Waals surface area contributed by atoms with E-state index in [4.69, 9.17) is 0 Å². The van der Waals surface area contributed by atoms with E-state index in [-0.39, 0.29) is 5.91 Å². The summed E-state index contributed by atoms with van der Waals surface area (Å²) in [6, 6.07) is 4.35. The minimum atomic E-state index is 0.147. The molecule has 2 heterocycles. The normalized spacial score (nSPS) is 27.6. The van der Waals surface area contributed by atoms with Crippen molar-refractivity contribution in [3.05, 3.63) is 30.1 Å². The maximum absolute atomic E-state index is 12.4. The monoisotopic (exact) mass is 287 g/mol. The zero-order chi connectivity index (χ0) is 14.7. The number of hydrogen-bond donors (Lipinski definition) is 0. The van der Waals surface area contributed by atoms with Gasteiger partial charge in [0.05, 0.1) is 0 Å². The molecule has 2 fully saturated rings. The van der Waals surface area contributed by atoms with Gasteiger partial charge < -0.3 is 4.90 Å². The molecule has 1 amide bonds. The fraction of sp³-hybridized carbons (Fsp3) is 0.647. The highest BCUT2D eigenvalue weighted by molar-refractivity contribution is 5.94. The number of piperazine rings is 1. The second-order valence-electron chi connectivity index (χ2n) is 6.49. The lowest BCUT2D eigenvalue weighted by atomic mass is 9.86. The number of hydrogen-bond acceptors (Lipinski definition) is 3. The Morgan fingerprint density at radius 1 is 1.14 bits per heavy atom. The van der Waals surface area contributed by atoms with E-state index in [2.05, 4.69) is 16.8 Å². The second-order valence-corrected chi connectivity index (χ2v) is 6.49. The summed E-state index contributed by atoms with van der Waals surface area (Å²) in [7, 11) is 0. The summed E-state index contributed by atoms with van der Waals surface area (Å²) in [6.45, 7) is 6.12. The lowest BCUT2D eigenvalue weighted by Gasteiger charge is -2.42. The molecule has 0 aromatic carbocycles. The van der Waals surface area contributed by atoms with Gasteiger partial charge in [-0.2, -0.15) is 0 Å². The van der Waals surface area contributed by atoms with E-state index in [0.29, 0.717) is 0 Å². The molecule has 0 N–H and O–H groups in total. The van der Waals surface area contributed by atoms with Crippen LogP contribution in [0.3, 0.4) is 0 Å². The molecule has 1 aromatic rings. The van der Waals surface area contributed by atoms with Gasteiger partial charge in [0.2, 0.25) is 0 Å². The van der Waals surface area contributed by atoms with E-state index in [0.717, 1.165) is 43.7 Å². The molecule has 4 nitrogen and oxygen atoms in total. The molecule has 2 aliphatic rings. The molecule has 0 bridgehead atoms. The minimum absolute atomic E-state index is 0.147. The van der Waals surface area contributed by atoms with Crippen LogP contribution in [0.4, 0.5) is 0 Å². The van der Waals surface area contributed by atoms with Gasteiger partial charge in [0, 0.05) is 50.2 Å². The van der Waals surface area contributed by atoms with Gasteiger partial charge in [-0.3, -0.25) is 14.7 Å². The molecule has 3 rings (SSSR count). The zero-order valence-corrected chi connectivity index (χ0v) is 12.9. The third kappa shape index (κ3) is 3.43. The Morgan fingerprint density at radius 3 is 2.52 bits per heavy atom. The fourth-order valence-corrected chi connectivity index (χ4v) is 3.70. The first kappa shape index (κ1) is 14.5. The van der Waals surface area contributed by atoms with Crippen LogP contribution < -0.4 is 0 Å². The summed E-state index contributed by atoms with van der Waals surface area (Å²) in [4.78, 5) is 21.0. The van der Waals surface area contributed by atoms with Crippen LogP contribution in [-0.4, -0.2) is 52.9 Å². The Hall–Kier alpha value is -1.42. The van der Waals surface area contributed by atoms with E-state index in [1.54, 1.807) is 24.5 Å². The molecule has 1 saturated heterocycles. The maximum Gasteiger partial charge on any atom is 0.254 e. The topological polar surface area (TPSA) is 36.4 Å². The molecular formula is C17H25N3O. The summed E-state index contributed by atoms with van der Waals surface area (Å²) in [6.07, 6.45) is 8.79. The zero-order valence-electron chi connectivity index (χ0n) is 12.9. The van der Waals surface area contributed by atoms with Crippen molar-refractivity contribution in [1.82, 2.24) is 14.8 Å². The Balaban J connectivity index is 1.54. The highest BCUT2D eigenvalue weighted by atomic mass is 16.2. The van der Waals surface area contributed by atoms with Crippen LogP contribution in [0.15, 0.2) is 24.5 Å². The summed E-state index contributed by atoms with van der Waals surface area (Å²) in [5, 5.41) is 0. The third-order valence-corrected chi connectivity index (χ3v) is 4.95. The molecule has 1 aliphatic heterocycles. The maximum atomic E-state index is 12.4. The van der Waals surface area contributed by atoms with E-state index in [9.17, 15) is 4.79 Å². The van der Waals surface area contributed by atoms with Crippen LogP contribution in [0.1, 0.15) is 43.0 Å². The van der Waals surface area contributed by atoms with Crippen LogP contribution in [0, 0.1) is 5.92 Å². The van der Waals surface area contributed by atoms with Crippen molar-refractivity contribution in [3.63, 3.8) is 0 Å². The van der Waals surface area contributed by atoms with Crippen LogP contribution in [0.5, 0.6) is 0 Å². The Bertz CT molecular complexity index is 468. The lowest BCUT2D eigenvalue weighted by Crippen LogP contribution is -2.52. The third-order valence-electron chi connectivity index (χ3n) is 4.95. The molecule has 1 aromatic heterocycles. The van der Waals surface area contributed by atoms with Gasteiger partial charge in [-0.25, -0.2) is 0 Å². The van der Waals surface area contributed by atoms with E-state index in [1.807, 2.05) is 4.90 Å². The fourth-order valence-electron chi connectivity index (χ4n) is 3.70. The lowest BCUT2D eigenvalue weighted by molar-refractivity contribution is 0.0489. The van der Waals surface area contributed by atoms with Crippen molar-refractivity contribution in [2.45, 2.75) is 38.6 Å². The van der Waals surface area contributed by atoms with Crippen molar-refractivity contribution in [1.29, 1.82) is 0 Å². The van der Waals surface area contributed by atoms with Gasteiger partial charge in [-0.1, -0.05) is 19.8 Å². The van der Waals surface area contributed by atoms with Gasteiger partial charge >= 0.3 is 0 Å². The number of carbonyl (C=O) groups excluding carboxylic acids is 1. The number of carbonyl (C=O) groups is 1. The first-order valence-corrected chi connectivity index (χ1v) is 8.17. The largest absolute Gasteiger partial charge is 0.336 e. The van der Waals surface area contributed by atoms with E-state index >= 15 is 0 Å². The summed E-state index contributed by atoms with van der Waals surface area (Å²) >= 11 is 0. The number of amides is 1. The molecule has 114 valence electrons. The SMILES string of the molecule is C[C@@H]1CCC[C@H](N2CCN(C(=O)c3ccncc3)CC2)C1. The van der Waals surface area contributed by atoms with Crippen LogP contribution in [0.25, 0.3) is 0 Å². The standard InChI is InChI=1S/C17H25N3O/c1-14-3-2-4-16(13-14)19-9-11-20(12-10-19)17(21)15-5-7-18-8-6-15/h5-8,14,16H,2-4,9-13H2,1H3/t14-,16+/m1/s1. The number of nitrogens with zero attached hydrogens (tertiary/aromatic N) is 3. The van der Waals surface area contributed by atoms with Crippen molar-refractivity contribution in [2.24, 2.45) is 5.92 Å². The summed E-state index contributed by atoms with van der Waals surface area (Å²) < 4.78 is 0. The Kier molecular flexibility index (Phi) is 4.54. The molecule has 1 aliphatic carbocycles. The number of aromatic nitrogens is 1. The molecule has 1 saturated carbocycles. The first-order chi connectivity index (χ1) is 10.2. The number of rotatable bonds is 2. The Labute approximate surface area is 127 Å². The van der Waals surface area contributed by atoms with Crippen LogP contribution in [0.2, 0.25) is 0 Å². The highest BCUT2D eigenvalue weighted by Gasteiger charge is 2.29. The predicted molar refractivity (Wildman–Crippen MR) is 83.1 cm³/mol. The molecule has 2 atom stereocenters. The van der Waals surface area contributed by atoms with Crippen molar-refractivity contribution < 1.29 is 4.79 Å². The molecular weight excluding hydrogens is 262 g/mol. The quantitative estimate of drug-likeness (QED) is 0.838. The second kappa shape index (κ2) is 6.56. The number of pyridine rings is 1. The molecule has 0 unspecified atom stereocenters. The van der Waals surface area contributed by atoms with Crippen LogP contribution in [-0.2, 0) is 0 Å². The molecule has 4 heteroatoms. The van der Waals surface area contributed by atoms with E-state index < -0.39 is 0 Å². The van der Waals surface area contributed by atoms with Crippen molar-refractivity contribution >= 4 is 5.91 Å². The first-order valence-electron chi connectivity index (χ1n) is 8.17. The van der Waals surface area contributed by atoms with Gasteiger partial charge in [-0.15, -0.1) is 0 Å². The minimum Gasteiger partial charge on any atom is -0.336 e. The van der Waals surface area contributed by atoms with Gasteiger partial charge in [0.25, 0.3) is 5.91 Å². The predicted octanol–water partition coefficient (Wildman–Crippen LogP) is 2.42. The average Bonchev–Trinajstić information content (AvgIpc) is 2.55. The smallest absolute Gasteiger partial charge is 0.254 e. The molecule has 21 heavy (non-hydrogen) atoms. The highest BCUT2D eigenvalue weighted by Crippen LogP contribution is 2.28. The van der Waals surface area contributed by atoms with Crippen molar-refractivity contribution in [2.75, 3.05) is 26.2 Å². The Morgan fingerprint density at radius 2 is 1.86 bits per heavy atom. The molecule has 0 spiro atoms. The molecule has 0 radical (unpaired) electrons. The van der Waals surface area contributed by atoms with Gasteiger partial charge in [-0.05, 0) is 30.9 Å². The van der Waals surface area contributed by atoms with Gasteiger partial charge in [0.1, 0.15) is 0 Å². The van der Waals surface area contributed by atoms with E-state index in [1.165, 1.54) is 25.7 Å². The summed E-state index contributed by atoms with van der Waals surface area (Å²) in [5.41, 5.74) is 0.754.